The van der Waals surface area contributed by atoms with Gasteiger partial charge in [-0.3, -0.25) is 4.90 Å². The number of rotatable bonds is 9. The Morgan fingerprint density at radius 1 is 0.967 bits per heavy atom. The molecule has 0 amide bonds. The molecule has 1 atom stereocenters. The predicted molar refractivity (Wildman–Crippen MR) is 115 cm³/mol. The van der Waals surface area contributed by atoms with Gasteiger partial charge in [-0.1, -0.05) is 30.3 Å². The highest BCUT2D eigenvalue weighted by Gasteiger charge is 2.29. The maximum atomic E-state index is 13.5. The highest BCUT2D eigenvalue weighted by atomic mass is 35.5. The predicted octanol–water partition coefficient (Wildman–Crippen LogP) is 4.31. The molecule has 1 heterocycles. The van der Waals surface area contributed by atoms with Crippen LogP contribution < -0.4 is 19.5 Å². The minimum Gasteiger partial charge on any atom is -0.493 e. The highest BCUT2D eigenvalue weighted by molar-refractivity contribution is 5.85. The maximum absolute atomic E-state index is 13.5. The van der Waals surface area contributed by atoms with Crippen LogP contribution in [0, 0.1) is 0 Å². The molecule has 2 aromatic carbocycles. The van der Waals surface area contributed by atoms with Gasteiger partial charge in [0.1, 0.15) is 12.4 Å². The van der Waals surface area contributed by atoms with Gasteiger partial charge in [0.15, 0.2) is 11.5 Å². The second-order valence-corrected chi connectivity index (χ2v) is 6.95. The quantitative estimate of drug-likeness (QED) is 0.627. The third kappa shape index (κ3) is 6.20. The number of ether oxygens (including phenoxy) is 3. The molecule has 1 N–H and O–H groups in total. The molecule has 1 saturated heterocycles. The van der Waals surface area contributed by atoms with Crippen LogP contribution in [-0.2, 0) is 6.61 Å². The van der Waals surface area contributed by atoms with Crippen LogP contribution >= 0.6 is 12.4 Å². The zero-order valence-electron chi connectivity index (χ0n) is 17.3. The highest BCUT2D eigenvalue weighted by Crippen LogP contribution is 2.41. The van der Waals surface area contributed by atoms with E-state index in [0.717, 1.165) is 18.7 Å². The van der Waals surface area contributed by atoms with Gasteiger partial charge in [0, 0.05) is 50.3 Å². The lowest BCUT2D eigenvalue weighted by molar-refractivity contribution is 0.0723. The number of halogens is 3. The lowest BCUT2D eigenvalue weighted by Crippen LogP contribution is -2.45. The first kappa shape index (κ1) is 24.2. The molecule has 1 aliphatic rings. The third-order valence-corrected chi connectivity index (χ3v) is 5.11. The van der Waals surface area contributed by atoms with E-state index in [0.29, 0.717) is 42.5 Å². The second kappa shape index (κ2) is 11.9. The van der Waals surface area contributed by atoms with Gasteiger partial charge in [-0.15, -0.1) is 12.4 Å². The summed E-state index contributed by atoms with van der Waals surface area (Å²) >= 11 is 0. The molecule has 0 bridgehead atoms. The van der Waals surface area contributed by atoms with E-state index in [2.05, 4.69) is 10.2 Å². The molecule has 5 nitrogen and oxygen atoms in total. The van der Waals surface area contributed by atoms with Crippen LogP contribution in [-0.4, -0.2) is 51.7 Å². The standard InChI is InChI=1S/C22H28F2N2O3.ClH/c1-27-20-12-17(18(13-22(23)24)26-10-8-25-9-11-26)19(14-21(20)28-2)29-15-16-6-4-3-5-7-16;/h3-7,12,14,18,22,25H,8-11,13,15H2,1-2H3;1H/t18-;/m0./s1. The Balaban J connectivity index is 0.00000320. The third-order valence-electron chi connectivity index (χ3n) is 5.11. The van der Waals surface area contributed by atoms with Crippen LogP contribution in [0.15, 0.2) is 42.5 Å². The van der Waals surface area contributed by atoms with Gasteiger partial charge in [0.2, 0.25) is 6.43 Å². The van der Waals surface area contributed by atoms with E-state index in [-0.39, 0.29) is 18.8 Å². The molecule has 3 rings (SSSR count). The summed E-state index contributed by atoms with van der Waals surface area (Å²) in [6, 6.07) is 12.8. The molecular formula is C22H29ClF2N2O3. The number of methoxy groups -OCH3 is 2. The van der Waals surface area contributed by atoms with Crippen LogP contribution in [0.25, 0.3) is 0 Å². The molecule has 30 heavy (non-hydrogen) atoms. The fourth-order valence-electron chi connectivity index (χ4n) is 3.63. The van der Waals surface area contributed by atoms with Crippen molar-refractivity contribution in [2.75, 3.05) is 40.4 Å². The fraction of sp³-hybridized carbons (Fsp3) is 0.455. The number of alkyl halides is 2. The van der Waals surface area contributed by atoms with Crippen molar-refractivity contribution in [2.24, 2.45) is 0 Å². The number of nitrogens with one attached hydrogen (secondary N) is 1. The SMILES string of the molecule is COc1cc(OCc2ccccc2)c([C@H](CC(F)F)N2CCNCC2)cc1OC.Cl. The molecule has 0 spiro atoms. The number of piperazine rings is 1. The average molecular weight is 443 g/mol. The Hall–Kier alpha value is -2.09. The molecule has 0 saturated carbocycles. The van der Waals surface area contributed by atoms with Crippen molar-refractivity contribution in [1.29, 1.82) is 0 Å². The van der Waals surface area contributed by atoms with E-state index in [9.17, 15) is 8.78 Å². The Bertz CT molecular complexity index is 774. The Morgan fingerprint density at radius 2 is 1.60 bits per heavy atom. The number of hydrogen-bond acceptors (Lipinski definition) is 5. The van der Waals surface area contributed by atoms with E-state index in [1.54, 1.807) is 26.4 Å². The van der Waals surface area contributed by atoms with Crippen LogP contribution in [0.1, 0.15) is 23.6 Å². The van der Waals surface area contributed by atoms with E-state index < -0.39 is 12.5 Å². The van der Waals surface area contributed by atoms with Crippen LogP contribution in [0.5, 0.6) is 17.2 Å². The summed E-state index contributed by atoms with van der Waals surface area (Å²) in [5, 5.41) is 3.27. The molecule has 0 unspecified atom stereocenters. The zero-order chi connectivity index (χ0) is 20.6. The lowest BCUT2D eigenvalue weighted by Gasteiger charge is -2.36. The molecule has 2 aromatic rings. The summed E-state index contributed by atoms with van der Waals surface area (Å²) in [5.74, 6) is 1.55. The molecule has 8 heteroatoms. The Labute approximate surface area is 182 Å². The van der Waals surface area contributed by atoms with E-state index >= 15 is 0 Å². The van der Waals surface area contributed by atoms with Gasteiger partial charge in [0.25, 0.3) is 0 Å². The molecular weight excluding hydrogens is 414 g/mol. The minimum absolute atomic E-state index is 0. The zero-order valence-corrected chi connectivity index (χ0v) is 18.1. The van der Waals surface area contributed by atoms with Crippen molar-refractivity contribution in [3.05, 3.63) is 53.6 Å². The minimum atomic E-state index is -2.43. The van der Waals surface area contributed by atoms with Crippen LogP contribution in [0.3, 0.4) is 0 Å². The first-order valence-electron chi connectivity index (χ1n) is 9.78. The van der Waals surface area contributed by atoms with Crippen molar-refractivity contribution in [3.8, 4) is 17.2 Å². The summed E-state index contributed by atoms with van der Waals surface area (Å²) < 4.78 is 43.9. The average Bonchev–Trinajstić information content (AvgIpc) is 2.76. The van der Waals surface area contributed by atoms with Gasteiger partial charge in [-0.05, 0) is 11.6 Å². The largest absolute Gasteiger partial charge is 0.493 e. The monoisotopic (exact) mass is 442 g/mol. The van der Waals surface area contributed by atoms with Gasteiger partial charge >= 0.3 is 0 Å². The number of nitrogens with zero attached hydrogens (tertiary/aromatic N) is 1. The normalized spacial score (nSPS) is 15.4. The maximum Gasteiger partial charge on any atom is 0.240 e. The van der Waals surface area contributed by atoms with E-state index in [4.69, 9.17) is 14.2 Å². The molecule has 166 valence electrons. The van der Waals surface area contributed by atoms with E-state index in [1.807, 2.05) is 30.3 Å². The van der Waals surface area contributed by atoms with Crippen molar-refractivity contribution < 1.29 is 23.0 Å². The topological polar surface area (TPSA) is 43.0 Å². The molecule has 0 aromatic heterocycles. The van der Waals surface area contributed by atoms with Gasteiger partial charge in [-0.25, -0.2) is 8.78 Å². The molecule has 0 aliphatic carbocycles. The Kier molecular flexibility index (Phi) is 9.62. The van der Waals surface area contributed by atoms with Gasteiger partial charge in [0.05, 0.1) is 14.2 Å². The van der Waals surface area contributed by atoms with Crippen molar-refractivity contribution in [3.63, 3.8) is 0 Å². The summed E-state index contributed by atoms with van der Waals surface area (Å²) in [7, 11) is 3.09. The lowest BCUT2D eigenvalue weighted by atomic mass is 9.99. The van der Waals surface area contributed by atoms with E-state index in [1.165, 1.54) is 0 Å². The number of hydrogen-bond donors (Lipinski definition) is 1. The van der Waals surface area contributed by atoms with Crippen LogP contribution in [0.2, 0.25) is 0 Å². The Morgan fingerprint density at radius 3 is 2.20 bits per heavy atom. The summed E-state index contributed by atoms with van der Waals surface area (Å²) in [6.07, 6.45) is -2.69. The molecule has 1 aliphatic heterocycles. The van der Waals surface area contributed by atoms with Gasteiger partial charge < -0.3 is 19.5 Å². The van der Waals surface area contributed by atoms with Gasteiger partial charge in [-0.2, -0.15) is 0 Å². The summed E-state index contributed by atoms with van der Waals surface area (Å²) in [5.41, 5.74) is 1.70. The first-order valence-corrected chi connectivity index (χ1v) is 9.78. The van der Waals surface area contributed by atoms with Crippen molar-refractivity contribution in [1.82, 2.24) is 10.2 Å². The molecule has 0 radical (unpaired) electrons. The molecule has 1 fully saturated rings. The number of benzene rings is 2. The van der Waals surface area contributed by atoms with Crippen LogP contribution in [0.4, 0.5) is 8.78 Å². The smallest absolute Gasteiger partial charge is 0.240 e. The summed E-state index contributed by atoms with van der Waals surface area (Å²) in [4.78, 5) is 2.08. The first-order chi connectivity index (χ1) is 14.1. The fourth-order valence-corrected chi connectivity index (χ4v) is 3.63. The second-order valence-electron chi connectivity index (χ2n) is 6.95. The van der Waals surface area contributed by atoms with Crippen molar-refractivity contribution in [2.45, 2.75) is 25.5 Å². The van der Waals surface area contributed by atoms with Crippen molar-refractivity contribution >= 4 is 12.4 Å². The summed E-state index contributed by atoms with van der Waals surface area (Å²) in [6.45, 7) is 3.28.